The number of nitrogens with one attached hydrogen (secondary N) is 1. The van der Waals surface area contributed by atoms with E-state index >= 15 is 0 Å². The van der Waals surface area contributed by atoms with Crippen LogP contribution in [0.1, 0.15) is 18.5 Å². The fourth-order valence-electron chi connectivity index (χ4n) is 5.66. The molecule has 2 aliphatic heterocycles. The minimum absolute atomic E-state index is 0.0156. The Kier molecular flexibility index (Phi) is 8.03. The molecule has 2 unspecified atom stereocenters. The number of amides is 1. The van der Waals surface area contributed by atoms with Crippen LogP contribution in [0.4, 0.5) is 23.3 Å². The van der Waals surface area contributed by atoms with E-state index in [1.165, 1.54) is 12.7 Å². The smallest absolute Gasteiger partial charge is 0.224 e. The fraction of sp³-hybridized carbons (Fsp3) is 0.333. The summed E-state index contributed by atoms with van der Waals surface area (Å²) < 4.78 is 0. The van der Waals surface area contributed by atoms with Crippen LogP contribution >= 0.6 is 0 Å². The molecule has 0 saturated carbocycles. The van der Waals surface area contributed by atoms with Crippen molar-refractivity contribution in [2.45, 2.75) is 19.3 Å². The molecule has 5 aromatic rings. The molecule has 7 heterocycles. The number of nitrogen functional groups attached to an aromatic ring is 2. The molecule has 0 bridgehead atoms. The van der Waals surface area contributed by atoms with E-state index in [1.807, 2.05) is 42.6 Å². The van der Waals surface area contributed by atoms with Gasteiger partial charge in [-0.25, -0.2) is 29.9 Å². The van der Waals surface area contributed by atoms with Crippen molar-refractivity contribution in [3.05, 3.63) is 67.0 Å². The Morgan fingerprint density at radius 2 is 1.44 bits per heavy atom. The van der Waals surface area contributed by atoms with Crippen LogP contribution in [-0.4, -0.2) is 74.0 Å². The summed E-state index contributed by atoms with van der Waals surface area (Å²) in [6, 6.07) is 13.8. The highest BCUT2D eigenvalue weighted by Gasteiger charge is 2.28. The number of nitrogens with zero attached hydrogens (tertiary/aromatic N) is 9. The molecule has 5 aromatic heterocycles. The second kappa shape index (κ2) is 12.3. The number of carbonyl (C=O) groups excluding carboxylic acids is 1. The molecule has 0 radical (unpaired) electrons. The number of hydrogen-bond acceptors (Lipinski definition) is 12. The largest absolute Gasteiger partial charge is 0.382 e. The van der Waals surface area contributed by atoms with Gasteiger partial charge in [0.2, 0.25) is 5.91 Å². The van der Waals surface area contributed by atoms with Crippen molar-refractivity contribution in [3.8, 4) is 0 Å². The van der Waals surface area contributed by atoms with Crippen molar-refractivity contribution < 1.29 is 4.79 Å². The predicted octanol–water partition coefficient (Wildman–Crippen LogP) is 2.25. The van der Waals surface area contributed by atoms with E-state index in [9.17, 15) is 4.79 Å². The molecule has 1 amide bonds. The number of hydrogen-bond donors (Lipinski definition) is 3. The number of rotatable bonds is 5. The number of fused-ring (bicyclic) bond motifs is 2. The van der Waals surface area contributed by atoms with Gasteiger partial charge in [-0.1, -0.05) is 6.07 Å². The lowest BCUT2D eigenvalue weighted by atomic mass is 10.0. The van der Waals surface area contributed by atoms with Gasteiger partial charge in [-0.15, -0.1) is 0 Å². The Morgan fingerprint density at radius 1 is 0.814 bits per heavy atom. The van der Waals surface area contributed by atoms with Gasteiger partial charge in [0, 0.05) is 45.1 Å². The Balaban J connectivity index is 0.000000155. The monoisotopic (exact) mass is 578 g/mol. The minimum atomic E-state index is 0.0156. The van der Waals surface area contributed by atoms with Crippen molar-refractivity contribution in [2.75, 3.05) is 54.5 Å². The molecule has 43 heavy (non-hydrogen) atoms. The van der Waals surface area contributed by atoms with Gasteiger partial charge in [0.25, 0.3) is 0 Å². The molecule has 13 heteroatoms. The number of pyridine rings is 3. The summed E-state index contributed by atoms with van der Waals surface area (Å²) in [6.07, 6.45) is 7.75. The van der Waals surface area contributed by atoms with Gasteiger partial charge in [-0.2, -0.15) is 0 Å². The summed E-state index contributed by atoms with van der Waals surface area (Å²) in [7, 11) is 1.66. The summed E-state index contributed by atoms with van der Waals surface area (Å²) >= 11 is 0. The molecule has 0 spiro atoms. The van der Waals surface area contributed by atoms with Crippen molar-refractivity contribution in [1.29, 1.82) is 0 Å². The van der Waals surface area contributed by atoms with Crippen molar-refractivity contribution >= 4 is 51.2 Å². The van der Waals surface area contributed by atoms with Crippen LogP contribution in [0.2, 0.25) is 0 Å². The third-order valence-electron chi connectivity index (χ3n) is 7.95. The van der Waals surface area contributed by atoms with Gasteiger partial charge in [-0.3, -0.25) is 9.78 Å². The maximum absolute atomic E-state index is 11.7. The Morgan fingerprint density at radius 3 is 2.05 bits per heavy atom. The first-order valence-corrected chi connectivity index (χ1v) is 14.3. The minimum Gasteiger partial charge on any atom is -0.382 e. The quantitative estimate of drug-likeness (QED) is 0.277. The molecular weight excluding hydrogens is 544 g/mol. The lowest BCUT2D eigenvalue weighted by molar-refractivity contribution is -0.123. The lowest BCUT2D eigenvalue weighted by Crippen LogP contribution is -2.30. The molecule has 2 saturated heterocycles. The summed E-state index contributed by atoms with van der Waals surface area (Å²) in [5.74, 6) is 3.26. The molecular formula is C30H34N12O. The molecule has 0 aliphatic carbocycles. The zero-order valence-electron chi connectivity index (χ0n) is 24.0. The van der Waals surface area contributed by atoms with Gasteiger partial charge in [0.05, 0.1) is 17.0 Å². The Bertz CT molecular complexity index is 1730. The third kappa shape index (κ3) is 6.20. The van der Waals surface area contributed by atoms with Crippen LogP contribution in [-0.2, 0) is 11.2 Å². The first-order valence-electron chi connectivity index (χ1n) is 14.3. The zero-order valence-corrected chi connectivity index (χ0v) is 24.0. The average Bonchev–Trinajstić information content (AvgIpc) is 3.73. The van der Waals surface area contributed by atoms with Crippen LogP contribution in [0.25, 0.3) is 22.1 Å². The molecule has 2 aliphatic rings. The van der Waals surface area contributed by atoms with Crippen LogP contribution in [0.5, 0.6) is 0 Å². The van der Waals surface area contributed by atoms with Crippen LogP contribution < -0.4 is 26.6 Å². The van der Waals surface area contributed by atoms with Crippen LogP contribution in [0.3, 0.4) is 0 Å². The summed E-state index contributed by atoms with van der Waals surface area (Å²) in [5.41, 5.74) is 15.7. The van der Waals surface area contributed by atoms with Gasteiger partial charge in [-0.05, 0) is 61.6 Å². The second-order valence-corrected chi connectivity index (χ2v) is 10.8. The molecule has 0 aromatic carbocycles. The number of carbonyl (C=O) groups is 1. The lowest BCUT2D eigenvalue weighted by Gasteiger charge is -2.18. The van der Waals surface area contributed by atoms with E-state index < -0.39 is 0 Å². The molecule has 2 atom stereocenters. The van der Waals surface area contributed by atoms with Crippen molar-refractivity contribution in [2.24, 2.45) is 11.8 Å². The average molecular weight is 579 g/mol. The standard InChI is InChI=1S/C17H18N6.C13H16N6O/c18-17-16-14(20-11-21-17)4-5-15(22-16)23-8-6-12(10-23)9-13-3-1-2-7-19-13;1-15-13(20)8-4-5-19(6-8)10-3-2-9-11(18-10)12(14)17-7-16-9/h1-5,7,11-12H,6,8-10H2,(H2,18,20,21);2-3,7-8H,4-6H2,1H3,(H,15,20)(H2,14,16,17). The van der Waals surface area contributed by atoms with E-state index in [1.54, 1.807) is 7.05 Å². The molecule has 13 nitrogen and oxygen atoms in total. The normalized spacial score (nSPS) is 18.1. The Hall–Kier alpha value is -5.20. The third-order valence-corrected chi connectivity index (χ3v) is 7.95. The SMILES string of the molecule is CNC(=O)C1CCN(c2ccc3ncnc(N)c3n2)C1.Nc1ncnc2ccc(N3CCC(Cc4ccccn4)C3)nc12. The topological polar surface area (TPSA) is 178 Å². The molecule has 2 fully saturated rings. The number of aromatic nitrogens is 7. The summed E-state index contributed by atoms with van der Waals surface area (Å²) in [6.45, 7) is 3.47. The Labute approximate surface area is 248 Å². The predicted molar refractivity (Wildman–Crippen MR) is 166 cm³/mol. The van der Waals surface area contributed by atoms with E-state index in [4.69, 9.17) is 11.5 Å². The van der Waals surface area contributed by atoms with Gasteiger partial charge >= 0.3 is 0 Å². The molecule has 5 N–H and O–H groups in total. The van der Waals surface area contributed by atoms with Gasteiger partial charge in [0.15, 0.2) is 11.6 Å². The summed E-state index contributed by atoms with van der Waals surface area (Å²) in [5, 5.41) is 2.69. The zero-order chi connectivity index (χ0) is 29.8. The van der Waals surface area contributed by atoms with E-state index in [0.29, 0.717) is 35.1 Å². The first kappa shape index (κ1) is 27.9. The van der Waals surface area contributed by atoms with Gasteiger partial charge < -0.3 is 26.6 Å². The fourth-order valence-corrected chi connectivity index (χ4v) is 5.66. The molecule has 220 valence electrons. The first-order chi connectivity index (χ1) is 21.0. The maximum atomic E-state index is 11.7. The summed E-state index contributed by atoms with van der Waals surface area (Å²) in [4.78, 5) is 46.0. The highest BCUT2D eigenvalue weighted by Crippen LogP contribution is 2.27. The van der Waals surface area contributed by atoms with Gasteiger partial charge in [0.1, 0.15) is 35.3 Å². The van der Waals surface area contributed by atoms with E-state index in [-0.39, 0.29) is 11.8 Å². The van der Waals surface area contributed by atoms with E-state index in [0.717, 1.165) is 67.3 Å². The highest BCUT2D eigenvalue weighted by molar-refractivity contribution is 5.86. The maximum Gasteiger partial charge on any atom is 0.224 e. The van der Waals surface area contributed by atoms with Crippen molar-refractivity contribution in [3.63, 3.8) is 0 Å². The highest BCUT2D eigenvalue weighted by atomic mass is 16.1. The second-order valence-electron chi connectivity index (χ2n) is 10.8. The van der Waals surface area contributed by atoms with Crippen LogP contribution in [0.15, 0.2) is 61.3 Å². The molecule has 7 rings (SSSR count). The number of anilines is 4. The number of nitrogens with two attached hydrogens (primary N) is 2. The van der Waals surface area contributed by atoms with Crippen molar-refractivity contribution in [1.82, 2.24) is 40.2 Å². The van der Waals surface area contributed by atoms with E-state index in [2.05, 4.69) is 56.1 Å². The van der Waals surface area contributed by atoms with Crippen LogP contribution in [0, 0.1) is 11.8 Å².